The standard InChI is InChI=1S/C23H21NO3/c1-16-10-13-20(14-11-16)24-23(26)17(2)27-22(25)15-12-19-8-5-7-18-6-3-4-9-21(18)19/h3-15,17H,1-2H3,(H,24,26). The average molecular weight is 359 g/mol. The van der Waals surface area contributed by atoms with Gasteiger partial charge in [0.05, 0.1) is 0 Å². The summed E-state index contributed by atoms with van der Waals surface area (Å²) >= 11 is 0. The molecule has 4 heteroatoms. The van der Waals surface area contributed by atoms with E-state index >= 15 is 0 Å². The van der Waals surface area contributed by atoms with Crippen LogP contribution in [0.1, 0.15) is 18.1 Å². The number of nitrogens with one attached hydrogen (secondary N) is 1. The summed E-state index contributed by atoms with van der Waals surface area (Å²) in [4.78, 5) is 24.2. The van der Waals surface area contributed by atoms with Gasteiger partial charge in [-0.2, -0.15) is 0 Å². The van der Waals surface area contributed by atoms with Gasteiger partial charge in [-0.1, -0.05) is 60.2 Å². The zero-order chi connectivity index (χ0) is 19.2. The van der Waals surface area contributed by atoms with Crippen LogP contribution in [0.2, 0.25) is 0 Å². The van der Waals surface area contributed by atoms with E-state index in [1.165, 1.54) is 6.08 Å². The van der Waals surface area contributed by atoms with E-state index in [4.69, 9.17) is 4.74 Å². The number of amides is 1. The van der Waals surface area contributed by atoms with Gasteiger partial charge in [-0.25, -0.2) is 4.79 Å². The minimum absolute atomic E-state index is 0.370. The van der Waals surface area contributed by atoms with Gasteiger partial charge in [0, 0.05) is 11.8 Å². The van der Waals surface area contributed by atoms with Crippen LogP contribution in [0.3, 0.4) is 0 Å². The van der Waals surface area contributed by atoms with Gasteiger partial charge in [0.15, 0.2) is 6.10 Å². The molecule has 3 rings (SSSR count). The predicted octanol–water partition coefficient (Wildman–Crippen LogP) is 4.73. The summed E-state index contributed by atoms with van der Waals surface area (Å²) in [6, 6.07) is 21.2. The molecule has 1 unspecified atom stereocenters. The molecular weight excluding hydrogens is 338 g/mol. The Morgan fingerprint density at radius 1 is 0.963 bits per heavy atom. The fourth-order valence-electron chi connectivity index (χ4n) is 2.70. The lowest BCUT2D eigenvalue weighted by Gasteiger charge is -2.12. The van der Waals surface area contributed by atoms with E-state index in [1.807, 2.05) is 73.7 Å². The van der Waals surface area contributed by atoms with Crippen molar-refractivity contribution in [2.75, 3.05) is 5.32 Å². The normalized spacial score (nSPS) is 12.1. The fraction of sp³-hybridized carbons (Fsp3) is 0.130. The van der Waals surface area contributed by atoms with Crippen LogP contribution in [0.15, 0.2) is 72.8 Å². The third-order valence-electron chi connectivity index (χ3n) is 4.20. The Bertz CT molecular complexity index is 985. The van der Waals surface area contributed by atoms with E-state index in [2.05, 4.69) is 5.32 Å². The van der Waals surface area contributed by atoms with Gasteiger partial charge in [-0.05, 0) is 48.4 Å². The second kappa shape index (κ2) is 8.32. The van der Waals surface area contributed by atoms with Gasteiger partial charge >= 0.3 is 5.97 Å². The van der Waals surface area contributed by atoms with Crippen LogP contribution in [-0.2, 0) is 14.3 Å². The molecular formula is C23H21NO3. The largest absolute Gasteiger partial charge is 0.449 e. The van der Waals surface area contributed by atoms with Crippen LogP contribution in [0.25, 0.3) is 16.8 Å². The monoisotopic (exact) mass is 359 g/mol. The van der Waals surface area contributed by atoms with Gasteiger partial charge in [0.2, 0.25) is 0 Å². The lowest BCUT2D eigenvalue weighted by molar-refractivity contribution is -0.148. The zero-order valence-electron chi connectivity index (χ0n) is 15.3. The number of esters is 1. The molecule has 0 radical (unpaired) electrons. The summed E-state index contributed by atoms with van der Waals surface area (Å²) in [7, 11) is 0. The molecule has 1 atom stereocenters. The van der Waals surface area contributed by atoms with Gasteiger partial charge in [-0.3, -0.25) is 4.79 Å². The van der Waals surface area contributed by atoms with Crippen LogP contribution in [0.4, 0.5) is 5.69 Å². The highest BCUT2D eigenvalue weighted by molar-refractivity contribution is 5.98. The van der Waals surface area contributed by atoms with Gasteiger partial charge in [0.1, 0.15) is 0 Å². The van der Waals surface area contributed by atoms with Gasteiger partial charge in [-0.15, -0.1) is 0 Å². The first-order valence-corrected chi connectivity index (χ1v) is 8.77. The maximum atomic E-state index is 12.2. The first-order valence-electron chi connectivity index (χ1n) is 8.77. The van der Waals surface area contributed by atoms with Crippen LogP contribution in [0.5, 0.6) is 0 Å². The van der Waals surface area contributed by atoms with Crippen LogP contribution >= 0.6 is 0 Å². The number of anilines is 1. The summed E-state index contributed by atoms with van der Waals surface area (Å²) in [5.74, 6) is -0.930. The molecule has 0 heterocycles. The second-order valence-corrected chi connectivity index (χ2v) is 6.34. The van der Waals surface area contributed by atoms with Crippen molar-refractivity contribution >= 4 is 34.4 Å². The number of hydrogen-bond acceptors (Lipinski definition) is 3. The number of carbonyl (C=O) groups excluding carboxylic acids is 2. The molecule has 0 saturated carbocycles. The number of hydrogen-bond donors (Lipinski definition) is 1. The van der Waals surface area contributed by atoms with E-state index in [9.17, 15) is 9.59 Å². The molecule has 4 nitrogen and oxygen atoms in total. The molecule has 27 heavy (non-hydrogen) atoms. The summed E-state index contributed by atoms with van der Waals surface area (Å²) in [5.41, 5.74) is 2.69. The highest BCUT2D eigenvalue weighted by Gasteiger charge is 2.16. The Morgan fingerprint density at radius 2 is 1.67 bits per heavy atom. The lowest BCUT2D eigenvalue weighted by Crippen LogP contribution is -2.29. The van der Waals surface area contributed by atoms with Gasteiger partial charge < -0.3 is 10.1 Å². The van der Waals surface area contributed by atoms with E-state index in [1.54, 1.807) is 13.0 Å². The molecule has 0 fully saturated rings. The van der Waals surface area contributed by atoms with E-state index in [0.29, 0.717) is 5.69 Å². The molecule has 0 aliphatic rings. The molecule has 0 spiro atoms. The number of ether oxygens (including phenoxy) is 1. The number of aryl methyl sites for hydroxylation is 1. The average Bonchev–Trinajstić information content (AvgIpc) is 2.68. The number of carbonyl (C=O) groups is 2. The summed E-state index contributed by atoms with van der Waals surface area (Å²) in [6.45, 7) is 3.52. The fourth-order valence-corrected chi connectivity index (χ4v) is 2.70. The Labute approximate surface area is 158 Å². The molecule has 0 aliphatic carbocycles. The molecule has 3 aromatic rings. The van der Waals surface area contributed by atoms with Gasteiger partial charge in [0.25, 0.3) is 5.91 Å². The summed E-state index contributed by atoms with van der Waals surface area (Å²) < 4.78 is 5.20. The summed E-state index contributed by atoms with van der Waals surface area (Å²) in [6.07, 6.45) is 2.16. The smallest absolute Gasteiger partial charge is 0.331 e. The van der Waals surface area contributed by atoms with E-state index in [0.717, 1.165) is 21.9 Å². The van der Waals surface area contributed by atoms with Crippen molar-refractivity contribution in [3.8, 4) is 0 Å². The minimum atomic E-state index is -0.893. The Balaban J connectivity index is 1.61. The maximum absolute atomic E-state index is 12.2. The molecule has 1 N–H and O–H groups in total. The lowest BCUT2D eigenvalue weighted by atomic mass is 10.0. The third-order valence-corrected chi connectivity index (χ3v) is 4.20. The van der Waals surface area contributed by atoms with Crippen molar-refractivity contribution in [3.05, 3.63) is 83.9 Å². The predicted molar refractivity (Wildman–Crippen MR) is 108 cm³/mol. The summed E-state index contributed by atoms with van der Waals surface area (Å²) in [5, 5.41) is 4.88. The van der Waals surface area contributed by atoms with Crippen molar-refractivity contribution in [1.82, 2.24) is 0 Å². The molecule has 3 aromatic carbocycles. The van der Waals surface area contributed by atoms with Crippen molar-refractivity contribution in [2.45, 2.75) is 20.0 Å². The number of fused-ring (bicyclic) bond motifs is 1. The Morgan fingerprint density at radius 3 is 2.44 bits per heavy atom. The SMILES string of the molecule is Cc1ccc(NC(=O)C(C)OC(=O)C=Cc2cccc3ccccc23)cc1. The van der Waals surface area contributed by atoms with Crippen molar-refractivity contribution in [2.24, 2.45) is 0 Å². The quantitative estimate of drug-likeness (QED) is 0.529. The van der Waals surface area contributed by atoms with Crippen molar-refractivity contribution in [1.29, 1.82) is 0 Å². The molecule has 0 saturated heterocycles. The van der Waals surface area contributed by atoms with Crippen LogP contribution < -0.4 is 5.32 Å². The van der Waals surface area contributed by atoms with Crippen LogP contribution in [0, 0.1) is 6.92 Å². The number of rotatable bonds is 5. The van der Waals surface area contributed by atoms with Crippen LogP contribution in [-0.4, -0.2) is 18.0 Å². The van der Waals surface area contributed by atoms with Crippen molar-refractivity contribution < 1.29 is 14.3 Å². The topological polar surface area (TPSA) is 55.4 Å². The van der Waals surface area contributed by atoms with Crippen molar-refractivity contribution in [3.63, 3.8) is 0 Å². The highest BCUT2D eigenvalue weighted by atomic mass is 16.5. The molecule has 0 aliphatic heterocycles. The Hall–Kier alpha value is -3.40. The highest BCUT2D eigenvalue weighted by Crippen LogP contribution is 2.19. The molecule has 0 aromatic heterocycles. The first kappa shape index (κ1) is 18.4. The molecule has 1 amide bonds. The zero-order valence-corrected chi connectivity index (χ0v) is 15.3. The second-order valence-electron chi connectivity index (χ2n) is 6.34. The van der Waals surface area contributed by atoms with E-state index < -0.39 is 12.1 Å². The number of benzene rings is 3. The first-order chi connectivity index (χ1) is 13.0. The third kappa shape index (κ3) is 4.82. The molecule has 0 bridgehead atoms. The maximum Gasteiger partial charge on any atom is 0.331 e. The minimum Gasteiger partial charge on any atom is -0.449 e. The Kier molecular flexibility index (Phi) is 5.67. The van der Waals surface area contributed by atoms with E-state index in [-0.39, 0.29) is 5.91 Å². The molecule has 136 valence electrons.